The average Bonchev–Trinajstić information content (AvgIpc) is 2.99. The first kappa shape index (κ1) is 18.0. The molecule has 0 aromatic heterocycles. The zero-order valence-electron chi connectivity index (χ0n) is 14.9. The third-order valence-electron chi connectivity index (χ3n) is 4.41. The summed E-state index contributed by atoms with van der Waals surface area (Å²) in [5.74, 6) is 0.632. The van der Waals surface area contributed by atoms with E-state index in [-0.39, 0.29) is 5.60 Å². The molecule has 0 spiro atoms. The Morgan fingerprint density at radius 2 is 2.04 bits per heavy atom. The topological polar surface area (TPSA) is 32.8 Å². The molecule has 4 nitrogen and oxygen atoms in total. The van der Waals surface area contributed by atoms with Crippen LogP contribution in [0.5, 0.6) is 0 Å². The first-order valence-electron chi connectivity index (χ1n) is 8.59. The van der Waals surface area contributed by atoms with Gasteiger partial charge >= 0.3 is 0 Å². The van der Waals surface area contributed by atoms with Gasteiger partial charge in [-0.05, 0) is 58.6 Å². The van der Waals surface area contributed by atoms with E-state index in [0.29, 0.717) is 18.5 Å². The number of hydrogen-bond acceptors (Lipinski definition) is 3. The lowest BCUT2D eigenvalue weighted by atomic mass is 10.0. The van der Waals surface area contributed by atoms with Crippen LogP contribution in [-0.4, -0.2) is 41.6 Å². The molecule has 0 N–H and O–H groups in total. The van der Waals surface area contributed by atoms with E-state index in [1.165, 1.54) is 17.0 Å². The normalized spacial score (nSPS) is 20.4. The van der Waals surface area contributed by atoms with E-state index in [9.17, 15) is 4.79 Å². The van der Waals surface area contributed by atoms with Gasteiger partial charge in [-0.1, -0.05) is 30.3 Å². The molecule has 0 bridgehead atoms. The lowest BCUT2D eigenvalue weighted by molar-refractivity contribution is -0.216. The van der Waals surface area contributed by atoms with E-state index >= 15 is 0 Å². The molecule has 1 amide bonds. The molecule has 4 heteroatoms. The highest BCUT2D eigenvalue weighted by atomic mass is 16.7. The molecule has 1 aliphatic heterocycles. The van der Waals surface area contributed by atoms with Gasteiger partial charge in [0.1, 0.15) is 0 Å². The molecule has 0 unspecified atom stereocenters. The van der Waals surface area contributed by atoms with Crippen molar-refractivity contribution in [2.75, 3.05) is 19.6 Å². The second-order valence-electron chi connectivity index (χ2n) is 7.47. The van der Waals surface area contributed by atoms with Crippen LogP contribution >= 0.6 is 0 Å². The monoisotopic (exact) mass is 318 g/mol. The molecule has 2 atom stereocenters. The van der Waals surface area contributed by atoms with Crippen molar-refractivity contribution in [2.24, 2.45) is 5.92 Å². The van der Waals surface area contributed by atoms with Gasteiger partial charge in [0.05, 0.1) is 5.60 Å². The van der Waals surface area contributed by atoms with Crippen molar-refractivity contribution in [1.82, 2.24) is 9.96 Å². The summed E-state index contributed by atoms with van der Waals surface area (Å²) in [6.07, 6.45) is 2.98. The third kappa shape index (κ3) is 5.63. The molecule has 128 valence electrons. The molecule has 23 heavy (non-hydrogen) atoms. The minimum Gasteiger partial charge on any atom is -0.296 e. The molecule has 1 aromatic rings. The third-order valence-corrected chi connectivity index (χ3v) is 4.41. The zero-order valence-corrected chi connectivity index (χ0v) is 14.9. The lowest BCUT2D eigenvalue weighted by Crippen LogP contribution is -2.34. The minimum absolute atomic E-state index is 0.329. The van der Waals surface area contributed by atoms with Crippen molar-refractivity contribution in [3.63, 3.8) is 0 Å². The van der Waals surface area contributed by atoms with Crippen molar-refractivity contribution in [3.8, 4) is 0 Å². The predicted octanol–water partition coefficient (Wildman–Crippen LogP) is 3.65. The Hall–Kier alpha value is -1.39. The number of carbonyl (C=O) groups excluding carboxylic acids is 1. The van der Waals surface area contributed by atoms with Crippen LogP contribution in [0.1, 0.15) is 52.1 Å². The van der Waals surface area contributed by atoms with Crippen LogP contribution in [0.25, 0.3) is 0 Å². The fraction of sp³-hybridized carbons (Fsp3) is 0.632. The Morgan fingerprint density at radius 1 is 1.35 bits per heavy atom. The first-order valence-corrected chi connectivity index (χ1v) is 8.59. The molecule has 1 fully saturated rings. The molecule has 1 saturated heterocycles. The molecule has 0 aliphatic carbocycles. The van der Waals surface area contributed by atoms with Crippen LogP contribution in [0.2, 0.25) is 0 Å². The van der Waals surface area contributed by atoms with E-state index in [2.05, 4.69) is 42.2 Å². The summed E-state index contributed by atoms with van der Waals surface area (Å²) in [4.78, 5) is 19.3. The van der Waals surface area contributed by atoms with Gasteiger partial charge in [0.2, 0.25) is 6.41 Å². The van der Waals surface area contributed by atoms with Crippen molar-refractivity contribution in [2.45, 2.75) is 52.2 Å². The van der Waals surface area contributed by atoms with Crippen LogP contribution in [0.4, 0.5) is 0 Å². The Kier molecular flexibility index (Phi) is 6.19. The van der Waals surface area contributed by atoms with Crippen molar-refractivity contribution < 1.29 is 9.63 Å². The Morgan fingerprint density at radius 3 is 2.65 bits per heavy atom. The highest BCUT2D eigenvalue weighted by Crippen LogP contribution is 2.28. The van der Waals surface area contributed by atoms with Gasteiger partial charge in [-0.3, -0.25) is 14.5 Å². The van der Waals surface area contributed by atoms with E-state index in [4.69, 9.17) is 4.84 Å². The predicted molar refractivity (Wildman–Crippen MR) is 92.8 cm³/mol. The molecule has 1 aromatic carbocycles. The molecule has 2 rings (SSSR count). The Bertz CT molecular complexity index is 484. The quantitative estimate of drug-likeness (QED) is 0.568. The second kappa shape index (κ2) is 7.93. The number of nitrogens with zero attached hydrogens (tertiary/aromatic N) is 2. The number of carbonyl (C=O) groups is 1. The number of benzene rings is 1. The van der Waals surface area contributed by atoms with Crippen LogP contribution in [0.3, 0.4) is 0 Å². The van der Waals surface area contributed by atoms with Crippen molar-refractivity contribution >= 4 is 6.41 Å². The molecule has 1 heterocycles. The summed E-state index contributed by atoms with van der Waals surface area (Å²) in [5, 5.41) is 1.45. The van der Waals surface area contributed by atoms with E-state index in [0.717, 1.165) is 25.9 Å². The highest BCUT2D eigenvalue weighted by molar-refractivity contribution is 5.44. The van der Waals surface area contributed by atoms with Gasteiger partial charge in [0.15, 0.2) is 0 Å². The Labute approximate surface area is 140 Å². The van der Waals surface area contributed by atoms with E-state index < -0.39 is 0 Å². The van der Waals surface area contributed by atoms with Gasteiger partial charge in [-0.15, -0.1) is 0 Å². The molecule has 1 aliphatic rings. The van der Waals surface area contributed by atoms with Gasteiger partial charge < -0.3 is 0 Å². The van der Waals surface area contributed by atoms with Gasteiger partial charge in [-0.25, -0.2) is 5.06 Å². The van der Waals surface area contributed by atoms with Gasteiger partial charge in [-0.2, -0.15) is 0 Å². The highest BCUT2D eigenvalue weighted by Gasteiger charge is 2.27. The summed E-state index contributed by atoms with van der Waals surface area (Å²) >= 11 is 0. The van der Waals surface area contributed by atoms with Gasteiger partial charge in [0.25, 0.3) is 0 Å². The van der Waals surface area contributed by atoms with Crippen molar-refractivity contribution in [1.29, 1.82) is 0 Å². The molecular formula is C19H30N2O2. The summed E-state index contributed by atoms with van der Waals surface area (Å²) < 4.78 is 0. The maximum Gasteiger partial charge on any atom is 0.233 e. The summed E-state index contributed by atoms with van der Waals surface area (Å²) in [6, 6.07) is 11.1. The number of amides is 1. The standard InChI is InChI=1S/C19H30N2O2/c1-16(18-8-6-5-7-9-18)20-12-10-17(14-20)11-13-21(15-22)23-19(2,3)4/h5-9,15-17H,10-14H2,1-4H3/t16-,17-/m1/s1. The SMILES string of the molecule is C[C@H](c1ccccc1)N1CC[C@H](CCN(C=O)OC(C)(C)C)C1. The smallest absolute Gasteiger partial charge is 0.233 e. The molecular weight excluding hydrogens is 288 g/mol. The first-order chi connectivity index (χ1) is 10.9. The fourth-order valence-corrected chi connectivity index (χ4v) is 3.17. The minimum atomic E-state index is -0.329. The van der Waals surface area contributed by atoms with E-state index in [1.54, 1.807) is 0 Å². The summed E-state index contributed by atoms with van der Waals surface area (Å²) in [5.41, 5.74) is 1.04. The number of likely N-dealkylation sites (tertiary alicyclic amines) is 1. The maximum atomic E-state index is 11.1. The molecule has 0 radical (unpaired) electrons. The zero-order chi connectivity index (χ0) is 16.9. The number of rotatable bonds is 7. The second-order valence-corrected chi connectivity index (χ2v) is 7.47. The fourth-order valence-electron chi connectivity index (χ4n) is 3.17. The number of hydroxylamine groups is 2. The van der Waals surface area contributed by atoms with Crippen LogP contribution in [-0.2, 0) is 9.63 Å². The average molecular weight is 318 g/mol. The lowest BCUT2D eigenvalue weighted by Gasteiger charge is -2.28. The van der Waals surface area contributed by atoms with E-state index in [1.807, 2.05) is 20.8 Å². The summed E-state index contributed by atoms with van der Waals surface area (Å²) in [6.45, 7) is 11.0. The Balaban J connectivity index is 1.80. The van der Waals surface area contributed by atoms with Gasteiger partial charge in [0, 0.05) is 19.1 Å². The molecule has 0 saturated carbocycles. The summed E-state index contributed by atoms with van der Waals surface area (Å²) in [7, 11) is 0. The van der Waals surface area contributed by atoms with Crippen LogP contribution in [0, 0.1) is 5.92 Å². The van der Waals surface area contributed by atoms with Crippen molar-refractivity contribution in [3.05, 3.63) is 35.9 Å². The van der Waals surface area contributed by atoms with Crippen LogP contribution in [0.15, 0.2) is 30.3 Å². The largest absolute Gasteiger partial charge is 0.296 e. The number of hydrogen-bond donors (Lipinski definition) is 0. The maximum absolute atomic E-state index is 11.1. The van der Waals surface area contributed by atoms with Crippen LogP contribution < -0.4 is 0 Å².